The van der Waals surface area contributed by atoms with Gasteiger partial charge in [0, 0.05) is 19.6 Å². The molecule has 106 valence electrons. The molecule has 3 heteroatoms. The van der Waals surface area contributed by atoms with Crippen LogP contribution < -0.4 is 10.5 Å². The summed E-state index contributed by atoms with van der Waals surface area (Å²) in [7, 11) is 1.79. The third-order valence-electron chi connectivity index (χ3n) is 3.96. The predicted molar refractivity (Wildman–Crippen MR) is 77.3 cm³/mol. The summed E-state index contributed by atoms with van der Waals surface area (Å²) >= 11 is 0. The van der Waals surface area contributed by atoms with E-state index in [2.05, 4.69) is 19.1 Å². The van der Waals surface area contributed by atoms with Gasteiger partial charge in [0.2, 0.25) is 0 Å². The minimum atomic E-state index is 0.126. The standard InChI is InChI=1S/C16H25NO2/c1-3-16(17)12-7-9-13(10-8-12)19-15-6-4-5-14(11-15)18-2/h7-10,14-16H,3-6,11,17H2,1-2H3/t14?,15?,16-/m0/s1. The molecule has 1 aromatic rings. The topological polar surface area (TPSA) is 44.5 Å². The highest BCUT2D eigenvalue weighted by atomic mass is 16.5. The number of methoxy groups -OCH3 is 1. The molecular formula is C16H25NO2. The monoisotopic (exact) mass is 263 g/mol. The van der Waals surface area contributed by atoms with Crippen LogP contribution in [-0.4, -0.2) is 19.3 Å². The van der Waals surface area contributed by atoms with Crippen LogP contribution in [0.3, 0.4) is 0 Å². The van der Waals surface area contributed by atoms with Crippen LogP contribution >= 0.6 is 0 Å². The zero-order valence-electron chi connectivity index (χ0n) is 12.0. The molecule has 1 aliphatic carbocycles. The summed E-state index contributed by atoms with van der Waals surface area (Å²) in [4.78, 5) is 0. The fraction of sp³-hybridized carbons (Fsp3) is 0.625. The average molecular weight is 263 g/mol. The normalized spacial score (nSPS) is 25.0. The molecule has 3 atom stereocenters. The van der Waals surface area contributed by atoms with Crippen LogP contribution in [-0.2, 0) is 4.74 Å². The van der Waals surface area contributed by atoms with Gasteiger partial charge >= 0.3 is 0 Å². The minimum Gasteiger partial charge on any atom is -0.490 e. The summed E-state index contributed by atoms with van der Waals surface area (Å²) in [6.45, 7) is 2.10. The van der Waals surface area contributed by atoms with Crippen molar-refractivity contribution in [2.45, 2.75) is 57.3 Å². The van der Waals surface area contributed by atoms with Crippen molar-refractivity contribution in [3.63, 3.8) is 0 Å². The van der Waals surface area contributed by atoms with Crippen molar-refractivity contribution >= 4 is 0 Å². The van der Waals surface area contributed by atoms with Gasteiger partial charge in [-0.25, -0.2) is 0 Å². The molecule has 1 saturated carbocycles. The van der Waals surface area contributed by atoms with Gasteiger partial charge in [-0.3, -0.25) is 0 Å². The molecule has 0 heterocycles. The molecule has 1 aromatic carbocycles. The van der Waals surface area contributed by atoms with E-state index in [1.54, 1.807) is 7.11 Å². The van der Waals surface area contributed by atoms with E-state index >= 15 is 0 Å². The van der Waals surface area contributed by atoms with Crippen LogP contribution in [0.5, 0.6) is 5.75 Å². The third-order valence-corrected chi connectivity index (χ3v) is 3.96. The van der Waals surface area contributed by atoms with Gasteiger partial charge in [0.05, 0.1) is 6.10 Å². The van der Waals surface area contributed by atoms with Crippen LogP contribution in [0.25, 0.3) is 0 Å². The van der Waals surface area contributed by atoms with Crippen molar-refractivity contribution in [3.05, 3.63) is 29.8 Å². The first kappa shape index (κ1) is 14.4. The molecule has 0 radical (unpaired) electrons. The predicted octanol–water partition coefficient (Wildman–Crippen LogP) is 3.43. The molecule has 1 fully saturated rings. The van der Waals surface area contributed by atoms with Crippen molar-refractivity contribution < 1.29 is 9.47 Å². The second-order valence-corrected chi connectivity index (χ2v) is 5.35. The van der Waals surface area contributed by atoms with Gasteiger partial charge in [-0.1, -0.05) is 19.1 Å². The van der Waals surface area contributed by atoms with E-state index in [0.29, 0.717) is 6.10 Å². The lowest BCUT2D eigenvalue weighted by atomic mass is 9.95. The van der Waals surface area contributed by atoms with Crippen molar-refractivity contribution in [3.8, 4) is 5.75 Å². The fourth-order valence-corrected chi connectivity index (χ4v) is 2.64. The van der Waals surface area contributed by atoms with Gasteiger partial charge in [0.25, 0.3) is 0 Å². The molecule has 0 saturated heterocycles. The van der Waals surface area contributed by atoms with Gasteiger partial charge in [-0.2, -0.15) is 0 Å². The summed E-state index contributed by atoms with van der Waals surface area (Å²) in [6, 6.07) is 8.32. The number of hydrogen-bond donors (Lipinski definition) is 1. The highest BCUT2D eigenvalue weighted by molar-refractivity contribution is 5.29. The number of nitrogens with two attached hydrogens (primary N) is 1. The quantitative estimate of drug-likeness (QED) is 0.885. The number of rotatable bonds is 5. The first-order chi connectivity index (χ1) is 9.22. The van der Waals surface area contributed by atoms with Gasteiger partial charge < -0.3 is 15.2 Å². The lowest BCUT2D eigenvalue weighted by Crippen LogP contribution is -2.29. The van der Waals surface area contributed by atoms with E-state index in [4.69, 9.17) is 15.2 Å². The zero-order chi connectivity index (χ0) is 13.7. The lowest BCUT2D eigenvalue weighted by molar-refractivity contribution is 0.0209. The van der Waals surface area contributed by atoms with E-state index < -0.39 is 0 Å². The molecule has 0 aromatic heterocycles. The van der Waals surface area contributed by atoms with Crippen molar-refractivity contribution in [1.82, 2.24) is 0 Å². The van der Waals surface area contributed by atoms with E-state index in [-0.39, 0.29) is 12.1 Å². The Labute approximate surface area is 116 Å². The Morgan fingerprint density at radius 2 is 1.89 bits per heavy atom. The minimum absolute atomic E-state index is 0.126. The van der Waals surface area contributed by atoms with Crippen molar-refractivity contribution in [1.29, 1.82) is 0 Å². The molecule has 1 aliphatic rings. The number of benzene rings is 1. The second-order valence-electron chi connectivity index (χ2n) is 5.35. The highest BCUT2D eigenvalue weighted by Crippen LogP contribution is 2.26. The maximum atomic E-state index is 6.03. The fourth-order valence-electron chi connectivity index (χ4n) is 2.64. The summed E-state index contributed by atoms with van der Waals surface area (Å²) in [5, 5.41) is 0. The first-order valence-corrected chi connectivity index (χ1v) is 7.28. The van der Waals surface area contributed by atoms with E-state index in [1.807, 2.05) is 12.1 Å². The van der Waals surface area contributed by atoms with E-state index in [0.717, 1.165) is 31.4 Å². The lowest BCUT2D eigenvalue weighted by Gasteiger charge is -2.28. The van der Waals surface area contributed by atoms with Crippen LogP contribution in [0.1, 0.15) is 50.6 Å². The zero-order valence-corrected chi connectivity index (χ0v) is 12.0. The molecule has 0 spiro atoms. The third kappa shape index (κ3) is 3.95. The van der Waals surface area contributed by atoms with Gasteiger partial charge in [-0.15, -0.1) is 0 Å². The molecule has 0 bridgehead atoms. The van der Waals surface area contributed by atoms with E-state index in [1.165, 1.54) is 12.0 Å². The van der Waals surface area contributed by atoms with Crippen LogP contribution in [0.15, 0.2) is 24.3 Å². The Balaban J connectivity index is 1.92. The second kappa shape index (κ2) is 6.92. The molecule has 0 amide bonds. The maximum absolute atomic E-state index is 6.03. The highest BCUT2D eigenvalue weighted by Gasteiger charge is 2.22. The van der Waals surface area contributed by atoms with Crippen molar-refractivity contribution in [2.75, 3.05) is 7.11 Å². The Kier molecular flexibility index (Phi) is 5.23. The molecule has 3 nitrogen and oxygen atoms in total. The van der Waals surface area contributed by atoms with Crippen molar-refractivity contribution in [2.24, 2.45) is 5.73 Å². The van der Waals surface area contributed by atoms with Crippen LogP contribution in [0.4, 0.5) is 0 Å². The van der Waals surface area contributed by atoms with Crippen LogP contribution in [0.2, 0.25) is 0 Å². The Morgan fingerprint density at radius 1 is 1.21 bits per heavy atom. The summed E-state index contributed by atoms with van der Waals surface area (Å²) < 4.78 is 11.5. The Hall–Kier alpha value is -1.06. The number of hydrogen-bond acceptors (Lipinski definition) is 3. The van der Waals surface area contributed by atoms with E-state index in [9.17, 15) is 0 Å². The van der Waals surface area contributed by atoms with Gasteiger partial charge in [0.15, 0.2) is 0 Å². The maximum Gasteiger partial charge on any atom is 0.119 e. The molecule has 2 N–H and O–H groups in total. The summed E-state index contributed by atoms with van der Waals surface area (Å²) in [5.41, 5.74) is 7.18. The van der Waals surface area contributed by atoms with Crippen LogP contribution in [0, 0.1) is 0 Å². The smallest absolute Gasteiger partial charge is 0.119 e. The summed E-state index contributed by atoms with van der Waals surface area (Å²) in [6.07, 6.45) is 6.04. The Morgan fingerprint density at radius 3 is 2.53 bits per heavy atom. The molecule has 2 rings (SSSR count). The number of ether oxygens (including phenoxy) is 2. The molecule has 2 unspecified atom stereocenters. The SMILES string of the molecule is CC[C@H](N)c1ccc(OC2CCCC(OC)C2)cc1. The largest absolute Gasteiger partial charge is 0.490 e. The first-order valence-electron chi connectivity index (χ1n) is 7.28. The molecular weight excluding hydrogens is 238 g/mol. The molecule has 19 heavy (non-hydrogen) atoms. The van der Waals surface area contributed by atoms with Gasteiger partial charge in [0.1, 0.15) is 11.9 Å². The average Bonchev–Trinajstić information content (AvgIpc) is 2.47. The van der Waals surface area contributed by atoms with Gasteiger partial charge in [-0.05, 0) is 43.4 Å². The Bertz CT molecular complexity index is 377. The summed E-state index contributed by atoms with van der Waals surface area (Å²) in [5.74, 6) is 0.939. The molecule has 0 aliphatic heterocycles.